The van der Waals surface area contributed by atoms with Crippen LogP contribution in [-0.2, 0) is 20.1 Å². The van der Waals surface area contributed by atoms with Crippen LogP contribution in [-0.4, -0.2) is 14.5 Å². The van der Waals surface area contributed by atoms with Crippen molar-refractivity contribution in [3.8, 4) is 28.2 Å². The largest absolute Gasteiger partial charge is 0.456 e. The number of para-hydroxylation sites is 2. The molecule has 0 aliphatic rings. The molecule has 45 heavy (non-hydrogen) atoms. The molecule has 0 aliphatic carbocycles. The maximum atomic E-state index is 6.21. The molecule has 1 radical (unpaired) electrons. The van der Waals surface area contributed by atoms with E-state index in [4.69, 9.17) is 4.42 Å². The molecule has 0 N–H and O–H groups in total. The van der Waals surface area contributed by atoms with Gasteiger partial charge in [-0.3, -0.25) is 0 Å². The first-order chi connectivity index (χ1) is 21.8. The Morgan fingerprint density at radius 3 is 1.93 bits per heavy atom. The first-order valence-electron chi connectivity index (χ1n) is 14.5. The van der Waals surface area contributed by atoms with Gasteiger partial charge in [0, 0.05) is 54.5 Å². The molecule has 0 amide bonds. The Hall–Kier alpha value is -5.35. The van der Waals surface area contributed by atoms with Crippen molar-refractivity contribution in [1.29, 1.82) is 0 Å². The Morgan fingerprint density at radius 1 is 0.511 bits per heavy atom. The van der Waals surface area contributed by atoms with Crippen LogP contribution in [0.25, 0.3) is 71.9 Å². The number of fused-ring (bicyclic) bond motifs is 6. The molecule has 0 atom stereocenters. The predicted octanol–water partition coefficient (Wildman–Crippen LogP) is 10.1. The number of nitrogens with zero attached hydrogens (tertiary/aromatic N) is 3. The van der Waals surface area contributed by atoms with Crippen LogP contribution in [0.3, 0.4) is 0 Å². The quantitative estimate of drug-likeness (QED) is 0.169. The third-order valence-corrected chi connectivity index (χ3v) is 7.80. The van der Waals surface area contributed by atoms with E-state index in [9.17, 15) is 0 Å². The number of rotatable bonds is 3. The SMILES string of the molecule is [Ir].[c-]1cc2c(cc1-c1ccccn1)c1cc3oc4ccccc4c3cc1n2-c1ccccc1.[c-]1ccccc1-c1ccccn1. The zero-order valence-electron chi connectivity index (χ0n) is 24.0. The van der Waals surface area contributed by atoms with Crippen LogP contribution in [0.4, 0.5) is 0 Å². The molecule has 0 saturated carbocycles. The summed E-state index contributed by atoms with van der Waals surface area (Å²) in [5.74, 6) is 0. The second-order valence-corrected chi connectivity index (χ2v) is 10.5. The van der Waals surface area contributed by atoms with Gasteiger partial charge in [-0.05, 0) is 64.8 Å². The molecular weight excluding hydrogens is 731 g/mol. The monoisotopic (exact) mass is 756 g/mol. The van der Waals surface area contributed by atoms with Crippen molar-refractivity contribution in [3.05, 3.63) is 164 Å². The van der Waals surface area contributed by atoms with Crippen molar-refractivity contribution < 1.29 is 24.5 Å². The zero-order chi connectivity index (χ0) is 29.3. The van der Waals surface area contributed by atoms with Gasteiger partial charge in [0.05, 0.1) is 0 Å². The van der Waals surface area contributed by atoms with E-state index < -0.39 is 0 Å². The summed E-state index contributed by atoms with van der Waals surface area (Å²) in [6.07, 6.45) is 3.61. The van der Waals surface area contributed by atoms with Crippen LogP contribution in [0, 0.1) is 12.1 Å². The van der Waals surface area contributed by atoms with Crippen molar-refractivity contribution in [1.82, 2.24) is 14.5 Å². The minimum absolute atomic E-state index is 0. The summed E-state index contributed by atoms with van der Waals surface area (Å²) in [6.45, 7) is 0. The van der Waals surface area contributed by atoms with Gasteiger partial charge in [-0.25, -0.2) is 0 Å². The van der Waals surface area contributed by atoms with Gasteiger partial charge in [-0.2, -0.15) is 0 Å². The molecule has 5 heteroatoms. The minimum Gasteiger partial charge on any atom is -0.456 e. The Balaban J connectivity index is 0.000000211. The van der Waals surface area contributed by atoms with Crippen molar-refractivity contribution in [2.45, 2.75) is 0 Å². The third-order valence-electron chi connectivity index (χ3n) is 7.80. The van der Waals surface area contributed by atoms with E-state index in [0.29, 0.717) is 0 Å². The maximum Gasteiger partial charge on any atom is 0.136 e. The summed E-state index contributed by atoms with van der Waals surface area (Å²) in [7, 11) is 0. The van der Waals surface area contributed by atoms with E-state index in [0.717, 1.165) is 71.9 Å². The molecule has 9 rings (SSSR count). The van der Waals surface area contributed by atoms with Crippen LogP contribution in [0.5, 0.6) is 0 Å². The average molecular weight is 756 g/mol. The smallest absolute Gasteiger partial charge is 0.136 e. The molecule has 4 aromatic heterocycles. The van der Waals surface area contributed by atoms with Crippen molar-refractivity contribution in [3.63, 3.8) is 0 Å². The first-order valence-corrected chi connectivity index (χ1v) is 14.5. The minimum atomic E-state index is 0. The van der Waals surface area contributed by atoms with Gasteiger partial charge in [-0.1, -0.05) is 66.0 Å². The molecule has 217 valence electrons. The summed E-state index contributed by atoms with van der Waals surface area (Å²) < 4.78 is 8.52. The zero-order valence-corrected chi connectivity index (χ0v) is 26.4. The standard InChI is InChI=1S/C29H17N2O.C11H8N.Ir/c1-2-8-20(9-3-1)31-26-14-13-19(25-11-6-7-15-30-25)16-22(26)23-18-29-24(17-27(23)31)21-10-4-5-12-28(21)32-29;1-2-6-10(7-3-1)11-8-4-5-9-12-11;/h1-12,14-18H;1-6,8-9H;/q2*-1;. The maximum absolute atomic E-state index is 6.21. The van der Waals surface area contributed by atoms with E-state index in [1.165, 1.54) is 0 Å². The number of aromatic nitrogens is 3. The van der Waals surface area contributed by atoms with Gasteiger partial charge in [0.1, 0.15) is 11.2 Å². The second kappa shape index (κ2) is 12.3. The van der Waals surface area contributed by atoms with Gasteiger partial charge in [0.15, 0.2) is 0 Å². The van der Waals surface area contributed by atoms with Crippen LogP contribution in [0.2, 0.25) is 0 Å². The van der Waals surface area contributed by atoms with Crippen LogP contribution in [0.1, 0.15) is 0 Å². The van der Waals surface area contributed by atoms with Gasteiger partial charge < -0.3 is 19.0 Å². The van der Waals surface area contributed by atoms with Crippen LogP contribution in [0.15, 0.2) is 156 Å². The fraction of sp³-hybridized carbons (Fsp3) is 0. The molecule has 0 spiro atoms. The summed E-state index contributed by atoms with van der Waals surface area (Å²) in [6, 6.07) is 53.6. The predicted molar refractivity (Wildman–Crippen MR) is 179 cm³/mol. The van der Waals surface area contributed by atoms with E-state index >= 15 is 0 Å². The Bertz CT molecular complexity index is 2330. The molecular formula is C40H25IrN3O-2. The average Bonchev–Trinajstić information content (AvgIpc) is 3.63. The fourth-order valence-corrected chi connectivity index (χ4v) is 5.77. The normalized spacial score (nSPS) is 10.9. The molecule has 0 saturated heterocycles. The van der Waals surface area contributed by atoms with Gasteiger partial charge >= 0.3 is 0 Å². The number of hydrogen-bond donors (Lipinski definition) is 0. The molecule has 0 aliphatic heterocycles. The van der Waals surface area contributed by atoms with E-state index in [1.807, 2.05) is 85.1 Å². The van der Waals surface area contributed by atoms with E-state index in [1.54, 1.807) is 6.20 Å². The third kappa shape index (κ3) is 5.33. The van der Waals surface area contributed by atoms with Crippen molar-refractivity contribution >= 4 is 43.7 Å². The van der Waals surface area contributed by atoms with Crippen LogP contribution >= 0.6 is 0 Å². The van der Waals surface area contributed by atoms with E-state index in [-0.39, 0.29) is 20.1 Å². The fourth-order valence-electron chi connectivity index (χ4n) is 5.77. The topological polar surface area (TPSA) is 43.9 Å². The molecule has 0 fully saturated rings. The number of pyridine rings is 2. The molecule has 4 nitrogen and oxygen atoms in total. The van der Waals surface area contributed by atoms with Gasteiger partial charge in [-0.15, -0.1) is 59.7 Å². The molecule has 4 heterocycles. The molecule has 0 bridgehead atoms. The Morgan fingerprint density at radius 2 is 1.20 bits per heavy atom. The summed E-state index contributed by atoms with van der Waals surface area (Å²) in [4.78, 5) is 8.74. The summed E-state index contributed by atoms with van der Waals surface area (Å²) in [5, 5.41) is 4.57. The van der Waals surface area contributed by atoms with Gasteiger partial charge in [0.2, 0.25) is 0 Å². The molecule has 9 aromatic rings. The second-order valence-electron chi connectivity index (χ2n) is 10.5. The Kier molecular flexibility index (Phi) is 7.79. The van der Waals surface area contributed by atoms with E-state index in [2.05, 4.69) is 87.3 Å². The molecule has 0 unspecified atom stereocenters. The van der Waals surface area contributed by atoms with Crippen molar-refractivity contribution in [2.24, 2.45) is 0 Å². The first kappa shape index (κ1) is 28.4. The number of hydrogen-bond acceptors (Lipinski definition) is 3. The van der Waals surface area contributed by atoms with Crippen LogP contribution < -0.4 is 0 Å². The summed E-state index contributed by atoms with van der Waals surface area (Å²) >= 11 is 0. The number of furan rings is 1. The Labute approximate surface area is 274 Å². The molecule has 5 aromatic carbocycles. The number of benzene rings is 5. The van der Waals surface area contributed by atoms with Crippen molar-refractivity contribution in [2.75, 3.05) is 0 Å². The summed E-state index contributed by atoms with van der Waals surface area (Å²) in [5.41, 5.74) is 9.11. The van der Waals surface area contributed by atoms with Gasteiger partial charge in [0.25, 0.3) is 0 Å².